The topological polar surface area (TPSA) is 49.0 Å². The van der Waals surface area contributed by atoms with Crippen LogP contribution in [0.25, 0.3) is 10.9 Å². The SMILES string of the molecule is Cn1cc(C(=O)N(Cc2ccc(C#N)cc2)C2CC2)c2ccccc21. The highest BCUT2D eigenvalue weighted by atomic mass is 16.2. The van der Waals surface area contributed by atoms with Gasteiger partial charge in [-0.1, -0.05) is 30.3 Å². The smallest absolute Gasteiger partial charge is 0.256 e. The zero-order valence-corrected chi connectivity index (χ0v) is 14.1. The van der Waals surface area contributed by atoms with E-state index in [2.05, 4.69) is 6.07 Å². The van der Waals surface area contributed by atoms with E-state index in [0.717, 1.165) is 34.9 Å². The Labute approximate surface area is 146 Å². The first-order valence-electron chi connectivity index (χ1n) is 8.51. The summed E-state index contributed by atoms with van der Waals surface area (Å²) < 4.78 is 2.01. The predicted octanol–water partition coefficient (Wildman–Crippen LogP) is 3.85. The Morgan fingerprint density at radius 2 is 1.92 bits per heavy atom. The maximum Gasteiger partial charge on any atom is 0.256 e. The fourth-order valence-corrected chi connectivity index (χ4v) is 3.30. The Hall–Kier alpha value is -3.06. The first-order chi connectivity index (χ1) is 12.2. The maximum atomic E-state index is 13.2. The van der Waals surface area contributed by atoms with Gasteiger partial charge >= 0.3 is 0 Å². The van der Waals surface area contributed by atoms with Crippen molar-refractivity contribution in [1.29, 1.82) is 5.26 Å². The van der Waals surface area contributed by atoms with Gasteiger partial charge in [0, 0.05) is 36.7 Å². The van der Waals surface area contributed by atoms with Gasteiger partial charge in [0.05, 0.1) is 17.2 Å². The zero-order chi connectivity index (χ0) is 17.4. The molecule has 0 unspecified atom stereocenters. The van der Waals surface area contributed by atoms with Gasteiger partial charge in [0.25, 0.3) is 5.91 Å². The number of fused-ring (bicyclic) bond motifs is 1. The molecule has 1 aromatic heterocycles. The van der Waals surface area contributed by atoms with Crippen LogP contribution in [0.4, 0.5) is 0 Å². The van der Waals surface area contributed by atoms with Crippen molar-refractivity contribution < 1.29 is 4.79 Å². The van der Waals surface area contributed by atoms with Gasteiger partial charge in [0.2, 0.25) is 0 Å². The number of nitriles is 1. The number of para-hydroxylation sites is 1. The van der Waals surface area contributed by atoms with Gasteiger partial charge in [-0.2, -0.15) is 5.26 Å². The number of rotatable bonds is 4. The average Bonchev–Trinajstić information content (AvgIpc) is 3.44. The van der Waals surface area contributed by atoms with E-state index in [-0.39, 0.29) is 5.91 Å². The van der Waals surface area contributed by atoms with Crippen molar-refractivity contribution in [3.63, 3.8) is 0 Å². The monoisotopic (exact) mass is 329 g/mol. The molecule has 0 atom stereocenters. The number of hydrogen-bond donors (Lipinski definition) is 0. The summed E-state index contributed by atoms with van der Waals surface area (Å²) in [7, 11) is 1.97. The molecule has 4 nitrogen and oxygen atoms in total. The largest absolute Gasteiger partial charge is 0.350 e. The van der Waals surface area contributed by atoms with Gasteiger partial charge < -0.3 is 9.47 Å². The standard InChI is InChI=1S/C21H19N3O/c1-23-14-19(18-4-2-3-5-20(18)23)21(25)24(17-10-11-17)13-16-8-6-15(12-22)7-9-16/h2-9,14,17H,10-11,13H2,1H3. The molecule has 0 saturated heterocycles. The molecule has 0 N–H and O–H groups in total. The second-order valence-corrected chi connectivity index (χ2v) is 6.64. The Morgan fingerprint density at radius 3 is 2.60 bits per heavy atom. The van der Waals surface area contributed by atoms with Crippen LogP contribution in [0.1, 0.15) is 34.3 Å². The molecule has 124 valence electrons. The van der Waals surface area contributed by atoms with Crippen molar-refractivity contribution in [2.45, 2.75) is 25.4 Å². The molecule has 25 heavy (non-hydrogen) atoms. The third-order valence-electron chi connectivity index (χ3n) is 4.81. The van der Waals surface area contributed by atoms with Crippen LogP contribution in [0.15, 0.2) is 54.7 Å². The van der Waals surface area contributed by atoms with Crippen LogP contribution < -0.4 is 0 Å². The number of aromatic nitrogens is 1. The second kappa shape index (κ2) is 6.10. The summed E-state index contributed by atoms with van der Waals surface area (Å²) in [6.07, 6.45) is 4.06. The number of benzene rings is 2. The molecule has 1 saturated carbocycles. The van der Waals surface area contributed by atoms with Crippen molar-refractivity contribution in [1.82, 2.24) is 9.47 Å². The molecule has 4 heteroatoms. The van der Waals surface area contributed by atoms with Gasteiger partial charge in [-0.15, -0.1) is 0 Å². The summed E-state index contributed by atoms with van der Waals surface area (Å²) in [6, 6.07) is 17.9. The van der Waals surface area contributed by atoms with E-state index in [1.54, 1.807) is 0 Å². The molecule has 1 fully saturated rings. The molecule has 0 spiro atoms. The van der Waals surface area contributed by atoms with Crippen molar-refractivity contribution in [3.8, 4) is 6.07 Å². The first kappa shape index (κ1) is 15.5. The molecule has 1 heterocycles. The summed E-state index contributed by atoms with van der Waals surface area (Å²) in [5.74, 6) is 0.0867. The van der Waals surface area contributed by atoms with E-state index in [1.165, 1.54) is 0 Å². The summed E-state index contributed by atoms with van der Waals surface area (Å²) in [5, 5.41) is 9.93. The van der Waals surface area contributed by atoms with Crippen LogP contribution in [-0.4, -0.2) is 21.4 Å². The second-order valence-electron chi connectivity index (χ2n) is 6.64. The lowest BCUT2D eigenvalue weighted by Crippen LogP contribution is -2.32. The molecular formula is C21H19N3O. The Morgan fingerprint density at radius 1 is 1.20 bits per heavy atom. The average molecular weight is 329 g/mol. The first-order valence-corrected chi connectivity index (χ1v) is 8.51. The summed E-state index contributed by atoms with van der Waals surface area (Å²) in [5.41, 5.74) is 3.53. The van der Waals surface area contributed by atoms with Crippen LogP contribution in [-0.2, 0) is 13.6 Å². The van der Waals surface area contributed by atoms with Crippen LogP contribution in [0.5, 0.6) is 0 Å². The maximum absolute atomic E-state index is 13.2. The van der Waals surface area contributed by atoms with E-state index in [1.807, 2.05) is 71.2 Å². The molecule has 3 aromatic rings. The summed E-state index contributed by atoms with van der Waals surface area (Å²) >= 11 is 0. The molecule has 1 amide bonds. The molecule has 4 rings (SSSR count). The number of carbonyl (C=O) groups is 1. The molecule has 0 radical (unpaired) electrons. The van der Waals surface area contributed by atoms with Crippen LogP contribution >= 0.6 is 0 Å². The lowest BCUT2D eigenvalue weighted by molar-refractivity contribution is 0.0731. The highest BCUT2D eigenvalue weighted by Crippen LogP contribution is 2.31. The van der Waals surface area contributed by atoms with Crippen LogP contribution in [0, 0.1) is 11.3 Å². The Bertz CT molecular complexity index is 975. The van der Waals surface area contributed by atoms with Gasteiger partial charge in [-0.25, -0.2) is 0 Å². The highest BCUT2D eigenvalue weighted by molar-refractivity contribution is 6.07. The van der Waals surface area contributed by atoms with Crippen LogP contribution in [0.3, 0.4) is 0 Å². The fourth-order valence-electron chi connectivity index (χ4n) is 3.30. The van der Waals surface area contributed by atoms with Crippen molar-refractivity contribution in [2.75, 3.05) is 0 Å². The van der Waals surface area contributed by atoms with E-state index in [9.17, 15) is 4.79 Å². The highest BCUT2D eigenvalue weighted by Gasteiger charge is 2.34. The third-order valence-corrected chi connectivity index (χ3v) is 4.81. The summed E-state index contributed by atoms with van der Waals surface area (Å²) in [4.78, 5) is 15.2. The Kier molecular flexibility index (Phi) is 3.77. The number of hydrogen-bond acceptors (Lipinski definition) is 2. The minimum Gasteiger partial charge on any atom is -0.350 e. The Balaban J connectivity index is 1.66. The number of carbonyl (C=O) groups excluding carboxylic acids is 1. The lowest BCUT2D eigenvalue weighted by atomic mass is 10.1. The van der Waals surface area contributed by atoms with Gasteiger partial charge in [-0.3, -0.25) is 4.79 Å². The van der Waals surface area contributed by atoms with Crippen LogP contribution in [0.2, 0.25) is 0 Å². The van der Waals surface area contributed by atoms with Crippen molar-refractivity contribution in [3.05, 3.63) is 71.4 Å². The minimum absolute atomic E-state index is 0.0867. The van der Waals surface area contributed by atoms with E-state index in [0.29, 0.717) is 18.2 Å². The normalized spacial score (nSPS) is 13.6. The number of nitrogens with zero attached hydrogens (tertiary/aromatic N) is 3. The molecule has 0 bridgehead atoms. The van der Waals surface area contributed by atoms with Gasteiger partial charge in [0.1, 0.15) is 0 Å². The molecule has 0 aliphatic heterocycles. The van der Waals surface area contributed by atoms with Gasteiger partial charge in [-0.05, 0) is 36.6 Å². The van der Waals surface area contributed by atoms with E-state index < -0.39 is 0 Å². The van der Waals surface area contributed by atoms with E-state index in [4.69, 9.17) is 5.26 Å². The minimum atomic E-state index is 0.0867. The lowest BCUT2D eigenvalue weighted by Gasteiger charge is -2.22. The van der Waals surface area contributed by atoms with Gasteiger partial charge in [0.15, 0.2) is 0 Å². The number of aryl methyl sites for hydroxylation is 1. The summed E-state index contributed by atoms with van der Waals surface area (Å²) in [6.45, 7) is 0.582. The van der Waals surface area contributed by atoms with Crippen molar-refractivity contribution >= 4 is 16.8 Å². The molecule has 1 aliphatic rings. The quantitative estimate of drug-likeness (QED) is 0.730. The predicted molar refractivity (Wildman–Crippen MR) is 97.0 cm³/mol. The third kappa shape index (κ3) is 2.89. The fraction of sp³-hybridized carbons (Fsp3) is 0.238. The zero-order valence-electron chi connectivity index (χ0n) is 14.1. The molecule has 1 aliphatic carbocycles. The molecule has 2 aromatic carbocycles. The van der Waals surface area contributed by atoms with Crippen molar-refractivity contribution in [2.24, 2.45) is 7.05 Å². The number of amides is 1. The molecular weight excluding hydrogens is 310 g/mol. The van der Waals surface area contributed by atoms with E-state index >= 15 is 0 Å².